The monoisotopic (exact) mass is 441 g/mol. The first-order valence-electron chi connectivity index (χ1n) is 11.2. The third-order valence-electron chi connectivity index (χ3n) is 5.82. The highest BCUT2D eigenvalue weighted by molar-refractivity contribution is 5.78. The van der Waals surface area contributed by atoms with E-state index >= 15 is 0 Å². The molecule has 0 aliphatic carbocycles. The van der Waals surface area contributed by atoms with E-state index in [2.05, 4.69) is 14.9 Å². The average Bonchev–Trinajstić information content (AvgIpc) is 3.19. The van der Waals surface area contributed by atoms with Crippen LogP contribution >= 0.6 is 0 Å². The molecule has 1 aliphatic heterocycles. The maximum atomic E-state index is 13.2. The number of fused-ring (bicyclic) bond motifs is 1. The summed E-state index contributed by atoms with van der Waals surface area (Å²) in [5, 5.41) is 0. The quantitative estimate of drug-likeness (QED) is 0.476. The van der Waals surface area contributed by atoms with E-state index in [4.69, 9.17) is 9.72 Å². The van der Waals surface area contributed by atoms with E-state index in [9.17, 15) is 4.79 Å². The van der Waals surface area contributed by atoms with Gasteiger partial charge in [-0.3, -0.25) is 14.7 Å². The number of imidazole rings is 1. The van der Waals surface area contributed by atoms with Gasteiger partial charge in [0.2, 0.25) is 5.91 Å². The number of rotatable bonds is 7. The van der Waals surface area contributed by atoms with Crippen LogP contribution < -0.4 is 0 Å². The molecule has 7 nitrogen and oxygen atoms in total. The Morgan fingerprint density at radius 3 is 2.58 bits per heavy atom. The van der Waals surface area contributed by atoms with Crippen LogP contribution in [0.2, 0.25) is 0 Å². The van der Waals surface area contributed by atoms with Gasteiger partial charge >= 0.3 is 0 Å². The zero-order chi connectivity index (χ0) is 22.5. The molecule has 0 radical (unpaired) electrons. The van der Waals surface area contributed by atoms with Gasteiger partial charge in [0.1, 0.15) is 5.82 Å². The SMILES string of the molecule is O=C1CN(Cc2nc3ccccc3[nH]2)C[C@@H](OCc2ccccn2)CN1Cc1ccccc1. The summed E-state index contributed by atoms with van der Waals surface area (Å²) in [5.41, 5.74) is 3.93. The number of aromatic nitrogens is 3. The lowest BCUT2D eigenvalue weighted by Gasteiger charge is -2.24. The van der Waals surface area contributed by atoms with Crippen molar-refractivity contribution < 1.29 is 9.53 Å². The molecule has 1 aliphatic rings. The Labute approximate surface area is 193 Å². The zero-order valence-electron chi connectivity index (χ0n) is 18.4. The summed E-state index contributed by atoms with van der Waals surface area (Å²) in [6, 6.07) is 23.9. The van der Waals surface area contributed by atoms with Crippen molar-refractivity contribution in [1.82, 2.24) is 24.8 Å². The Kier molecular flexibility index (Phi) is 6.41. The fourth-order valence-corrected chi connectivity index (χ4v) is 4.21. The lowest BCUT2D eigenvalue weighted by atomic mass is 10.2. The lowest BCUT2D eigenvalue weighted by molar-refractivity contribution is -0.132. The van der Waals surface area contributed by atoms with E-state index in [1.165, 1.54) is 0 Å². The third-order valence-corrected chi connectivity index (χ3v) is 5.82. The van der Waals surface area contributed by atoms with Crippen molar-refractivity contribution in [2.75, 3.05) is 19.6 Å². The smallest absolute Gasteiger partial charge is 0.237 e. The van der Waals surface area contributed by atoms with Crippen molar-refractivity contribution in [3.05, 3.63) is 96.1 Å². The molecule has 1 amide bonds. The molecule has 0 saturated carbocycles. The van der Waals surface area contributed by atoms with Gasteiger partial charge in [0.15, 0.2) is 0 Å². The Bertz CT molecular complexity index is 1160. The van der Waals surface area contributed by atoms with Gasteiger partial charge in [-0.15, -0.1) is 0 Å². The van der Waals surface area contributed by atoms with Gasteiger partial charge in [-0.2, -0.15) is 0 Å². The second-order valence-electron chi connectivity index (χ2n) is 8.38. The minimum Gasteiger partial charge on any atom is -0.369 e. The molecule has 5 rings (SSSR count). The molecular weight excluding hydrogens is 414 g/mol. The summed E-state index contributed by atoms with van der Waals surface area (Å²) in [4.78, 5) is 29.6. The second-order valence-corrected chi connectivity index (χ2v) is 8.38. The molecule has 0 spiro atoms. The molecule has 1 fully saturated rings. The van der Waals surface area contributed by atoms with E-state index in [1.807, 2.05) is 77.7 Å². The molecule has 0 bridgehead atoms. The van der Waals surface area contributed by atoms with Crippen molar-refractivity contribution in [1.29, 1.82) is 0 Å². The van der Waals surface area contributed by atoms with Crippen LogP contribution in [0.25, 0.3) is 11.0 Å². The van der Waals surface area contributed by atoms with E-state index in [1.54, 1.807) is 6.20 Å². The second kappa shape index (κ2) is 9.94. The highest BCUT2D eigenvalue weighted by Gasteiger charge is 2.29. The summed E-state index contributed by atoms with van der Waals surface area (Å²) in [6.07, 6.45) is 1.64. The van der Waals surface area contributed by atoms with Gasteiger partial charge in [-0.1, -0.05) is 48.5 Å². The summed E-state index contributed by atoms with van der Waals surface area (Å²) in [6.45, 7) is 3.05. The van der Waals surface area contributed by atoms with Crippen LogP contribution in [-0.4, -0.2) is 56.4 Å². The largest absolute Gasteiger partial charge is 0.369 e. The van der Waals surface area contributed by atoms with Crippen LogP contribution in [-0.2, 0) is 29.2 Å². The molecule has 3 heterocycles. The minimum absolute atomic E-state index is 0.0962. The number of amides is 1. The Morgan fingerprint density at radius 2 is 1.76 bits per heavy atom. The topological polar surface area (TPSA) is 74.3 Å². The lowest BCUT2D eigenvalue weighted by Crippen LogP contribution is -2.37. The standard InChI is InChI=1S/C26H27N5O2/c32-26-18-30(17-25-28-23-11-4-5-12-24(23)29-25)15-22(33-19-21-10-6-7-13-27-21)16-31(26)14-20-8-2-1-3-9-20/h1-13,22H,14-19H2,(H,28,29)/t22-/m1/s1. The fraction of sp³-hybridized carbons (Fsp3) is 0.269. The number of ether oxygens (including phenoxy) is 1. The number of nitrogens with zero attached hydrogens (tertiary/aromatic N) is 4. The normalized spacial score (nSPS) is 17.4. The Hall–Kier alpha value is -3.55. The summed E-state index contributed by atoms with van der Waals surface area (Å²) >= 11 is 0. The van der Waals surface area contributed by atoms with Gasteiger partial charge in [-0.05, 0) is 29.8 Å². The molecule has 7 heteroatoms. The van der Waals surface area contributed by atoms with Crippen LogP contribution in [0.3, 0.4) is 0 Å². The van der Waals surface area contributed by atoms with Crippen LogP contribution in [0.5, 0.6) is 0 Å². The Balaban J connectivity index is 1.33. The molecule has 33 heavy (non-hydrogen) atoms. The predicted octanol–water partition coefficient (Wildman–Crippen LogP) is 3.39. The fourth-order valence-electron chi connectivity index (χ4n) is 4.21. The van der Waals surface area contributed by atoms with E-state index in [0.717, 1.165) is 28.1 Å². The maximum absolute atomic E-state index is 13.2. The molecule has 0 unspecified atom stereocenters. The number of nitrogens with one attached hydrogen (secondary N) is 1. The van der Waals surface area contributed by atoms with E-state index in [0.29, 0.717) is 39.3 Å². The first-order chi connectivity index (χ1) is 16.2. The van der Waals surface area contributed by atoms with Crippen molar-refractivity contribution >= 4 is 16.9 Å². The average molecular weight is 442 g/mol. The molecule has 2 aromatic heterocycles. The number of aromatic amines is 1. The maximum Gasteiger partial charge on any atom is 0.237 e. The van der Waals surface area contributed by atoms with Crippen molar-refractivity contribution in [3.8, 4) is 0 Å². The van der Waals surface area contributed by atoms with E-state index < -0.39 is 0 Å². The highest BCUT2D eigenvalue weighted by Crippen LogP contribution is 2.17. The minimum atomic E-state index is -0.133. The van der Waals surface area contributed by atoms with Crippen LogP contribution in [0.4, 0.5) is 0 Å². The highest BCUT2D eigenvalue weighted by atomic mass is 16.5. The third kappa shape index (κ3) is 5.45. The zero-order valence-corrected chi connectivity index (χ0v) is 18.4. The number of hydrogen-bond acceptors (Lipinski definition) is 5. The van der Waals surface area contributed by atoms with Gasteiger partial charge in [-0.25, -0.2) is 4.98 Å². The van der Waals surface area contributed by atoms with Gasteiger partial charge in [0.05, 0.1) is 42.5 Å². The number of pyridine rings is 1. The van der Waals surface area contributed by atoms with E-state index in [-0.39, 0.29) is 12.0 Å². The predicted molar refractivity (Wildman–Crippen MR) is 126 cm³/mol. The number of hydrogen-bond donors (Lipinski definition) is 1. The first-order valence-corrected chi connectivity index (χ1v) is 11.2. The van der Waals surface area contributed by atoms with Crippen LogP contribution in [0, 0.1) is 0 Å². The number of H-pyrrole nitrogens is 1. The summed E-state index contributed by atoms with van der Waals surface area (Å²) in [7, 11) is 0. The number of benzene rings is 2. The number of carbonyl (C=O) groups excluding carboxylic acids is 1. The van der Waals surface area contributed by atoms with Crippen molar-refractivity contribution in [2.24, 2.45) is 0 Å². The molecule has 168 valence electrons. The Morgan fingerprint density at radius 1 is 0.939 bits per heavy atom. The van der Waals surface area contributed by atoms with Gasteiger partial charge in [0.25, 0.3) is 0 Å². The van der Waals surface area contributed by atoms with Gasteiger partial charge in [0, 0.05) is 25.8 Å². The number of carbonyl (C=O) groups is 1. The molecule has 2 aromatic carbocycles. The molecule has 1 atom stereocenters. The van der Waals surface area contributed by atoms with Crippen molar-refractivity contribution in [2.45, 2.75) is 25.8 Å². The molecule has 1 N–H and O–H groups in total. The van der Waals surface area contributed by atoms with Crippen LogP contribution in [0.1, 0.15) is 17.1 Å². The van der Waals surface area contributed by atoms with Gasteiger partial charge < -0.3 is 14.6 Å². The van der Waals surface area contributed by atoms with Crippen LogP contribution in [0.15, 0.2) is 79.0 Å². The summed E-state index contributed by atoms with van der Waals surface area (Å²) in [5.74, 6) is 0.947. The first kappa shape index (κ1) is 21.3. The summed E-state index contributed by atoms with van der Waals surface area (Å²) < 4.78 is 6.26. The molecule has 4 aromatic rings. The number of para-hydroxylation sites is 2. The molecule has 1 saturated heterocycles. The molecular formula is C26H27N5O2. The van der Waals surface area contributed by atoms with Crippen molar-refractivity contribution in [3.63, 3.8) is 0 Å².